The molecule has 0 amide bonds. The standard InChI is InChI=1S/C18H23NOS/c1-14-12-15(13-21-14)17(19-2)18(8-10-20-11-9-18)16-6-4-3-5-7-16/h3-7,12-13,17,19H,8-11H2,1-2H3. The van der Waals surface area contributed by atoms with Crippen LogP contribution in [0.5, 0.6) is 0 Å². The van der Waals surface area contributed by atoms with Crippen LogP contribution in [-0.4, -0.2) is 20.3 Å². The maximum Gasteiger partial charge on any atom is 0.0475 e. The number of ether oxygens (including phenoxy) is 1. The molecule has 0 radical (unpaired) electrons. The minimum Gasteiger partial charge on any atom is -0.381 e. The van der Waals surface area contributed by atoms with Gasteiger partial charge in [-0.1, -0.05) is 30.3 Å². The smallest absolute Gasteiger partial charge is 0.0475 e. The molecule has 0 saturated carbocycles. The molecule has 1 aliphatic rings. The van der Waals surface area contributed by atoms with Gasteiger partial charge in [0.05, 0.1) is 0 Å². The normalized spacial score (nSPS) is 19.3. The van der Waals surface area contributed by atoms with Gasteiger partial charge in [-0.3, -0.25) is 0 Å². The van der Waals surface area contributed by atoms with Crippen molar-refractivity contribution in [1.82, 2.24) is 5.32 Å². The number of rotatable bonds is 4. The van der Waals surface area contributed by atoms with Crippen molar-refractivity contribution < 1.29 is 4.74 Å². The first-order valence-electron chi connectivity index (χ1n) is 7.62. The number of nitrogens with one attached hydrogen (secondary N) is 1. The van der Waals surface area contributed by atoms with E-state index in [1.807, 2.05) is 11.3 Å². The lowest BCUT2D eigenvalue weighted by Crippen LogP contribution is -2.44. The minimum atomic E-state index is 0.127. The summed E-state index contributed by atoms with van der Waals surface area (Å²) in [6.07, 6.45) is 2.13. The molecule has 0 bridgehead atoms. The lowest BCUT2D eigenvalue weighted by atomic mass is 9.67. The zero-order chi connectivity index (χ0) is 14.7. The predicted molar refractivity (Wildman–Crippen MR) is 89.0 cm³/mol. The van der Waals surface area contributed by atoms with Crippen molar-refractivity contribution in [1.29, 1.82) is 0 Å². The second-order valence-corrected chi connectivity index (χ2v) is 6.96. The molecule has 1 saturated heterocycles. The van der Waals surface area contributed by atoms with E-state index >= 15 is 0 Å². The van der Waals surface area contributed by atoms with Crippen molar-refractivity contribution in [3.63, 3.8) is 0 Å². The van der Waals surface area contributed by atoms with Crippen LogP contribution in [-0.2, 0) is 10.2 Å². The summed E-state index contributed by atoms with van der Waals surface area (Å²) < 4.78 is 5.66. The Labute approximate surface area is 131 Å². The summed E-state index contributed by atoms with van der Waals surface area (Å²) in [4.78, 5) is 1.38. The highest BCUT2D eigenvalue weighted by atomic mass is 32.1. The molecule has 1 aromatic carbocycles. The van der Waals surface area contributed by atoms with Crippen LogP contribution in [0.1, 0.15) is 34.9 Å². The van der Waals surface area contributed by atoms with E-state index in [1.165, 1.54) is 16.0 Å². The van der Waals surface area contributed by atoms with Crippen LogP contribution < -0.4 is 5.32 Å². The monoisotopic (exact) mass is 301 g/mol. The Balaban J connectivity index is 2.05. The quantitative estimate of drug-likeness (QED) is 0.919. The highest BCUT2D eigenvalue weighted by Crippen LogP contribution is 2.45. The third-order valence-corrected chi connectivity index (χ3v) is 5.54. The Morgan fingerprint density at radius 3 is 2.48 bits per heavy atom. The molecule has 3 rings (SSSR count). The highest BCUT2D eigenvalue weighted by Gasteiger charge is 2.42. The van der Waals surface area contributed by atoms with Gasteiger partial charge in [-0.2, -0.15) is 0 Å². The van der Waals surface area contributed by atoms with E-state index in [9.17, 15) is 0 Å². The van der Waals surface area contributed by atoms with Gasteiger partial charge in [0.15, 0.2) is 0 Å². The fourth-order valence-electron chi connectivity index (χ4n) is 3.63. The van der Waals surface area contributed by atoms with Gasteiger partial charge in [0, 0.05) is 29.5 Å². The van der Waals surface area contributed by atoms with Gasteiger partial charge in [0.2, 0.25) is 0 Å². The second kappa shape index (κ2) is 6.30. The lowest BCUT2D eigenvalue weighted by Gasteiger charge is -2.44. The zero-order valence-electron chi connectivity index (χ0n) is 12.8. The Bertz CT molecular complexity index is 572. The summed E-state index contributed by atoms with van der Waals surface area (Å²) >= 11 is 1.83. The largest absolute Gasteiger partial charge is 0.381 e. The van der Waals surface area contributed by atoms with E-state index in [1.54, 1.807) is 0 Å². The van der Waals surface area contributed by atoms with Crippen molar-refractivity contribution in [2.24, 2.45) is 0 Å². The average Bonchev–Trinajstić information content (AvgIpc) is 2.96. The first-order valence-corrected chi connectivity index (χ1v) is 8.50. The molecule has 2 heterocycles. The number of hydrogen-bond acceptors (Lipinski definition) is 3. The third kappa shape index (κ3) is 2.78. The van der Waals surface area contributed by atoms with Crippen molar-refractivity contribution >= 4 is 11.3 Å². The van der Waals surface area contributed by atoms with Crippen LogP contribution in [0.2, 0.25) is 0 Å². The first-order chi connectivity index (χ1) is 10.3. The molecule has 1 aliphatic heterocycles. The Morgan fingerprint density at radius 1 is 1.19 bits per heavy atom. The summed E-state index contributed by atoms with van der Waals surface area (Å²) in [6.45, 7) is 3.87. The van der Waals surface area contributed by atoms with Gasteiger partial charge >= 0.3 is 0 Å². The SMILES string of the molecule is CNC(c1csc(C)c1)C1(c2ccccc2)CCOCC1. The fraction of sp³-hybridized carbons (Fsp3) is 0.444. The summed E-state index contributed by atoms with van der Waals surface area (Å²) in [7, 11) is 2.08. The zero-order valence-corrected chi connectivity index (χ0v) is 13.6. The third-order valence-electron chi connectivity index (χ3n) is 4.66. The number of likely N-dealkylation sites (N-methyl/N-ethyl adjacent to an activating group) is 1. The maximum absolute atomic E-state index is 5.66. The number of aryl methyl sites for hydroxylation is 1. The molecule has 2 aromatic rings. The molecule has 3 heteroatoms. The van der Waals surface area contributed by atoms with E-state index < -0.39 is 0 Å². The summed E-state index contributed by atoms with van der Waals surface area (Å²) in [6, 6.07) is 13.6. The number of thiophene rings is 1. The van der Waals surface area contributed by atoms with Crippen LogP contribution in [0.3, 0.4) is 0 Å². The molecule has 2 nitrogen and oxygen atoms in total. The molecule has 0 spiro atoms. The van der Waals surface area contributed by atoms with Gasteiger partial charge in [-0.15, -0.1) is 11.3 Å². The molecule has 21 heavy (non-hydrogen) atoms. The molecule has 1 atom stereocenters. The van der Waals surface area contributed by atoms with Crippen LogP contribution in [0.15, 0.2) is 41.8 Å². The summed E-state index contributed by atoms with van der Waals surface area (Å²) in [5, 5.41) is 5.89. The van der Waals surface area contributed by atoms with Crippen LogP contribution in [0, 0.1) is 6.92 Å². The fourth-order valence-corrected chi connectivity index (χ4v) is 4.36. The highest BCUT2D eigenvalue weighted by molar-refractivity contribution is 7.10. The van der Waals surface area contributed by atoms with Gasteiger partial charge in [0.25, 0.3) is 0 Å². The molecule has 1 aromatic heterocycles. The molecular formula is C18H23NOS. The van der Waals surface area contributed by atoms with Gasteiger partial charge in [-0.05, 0) is 49.4 Å². The first kappa shape index (κ1) is 14.8. The van der Waals surface area contributed by atoms with Crippen LogP contribution in [0.25, 0.3) is 0 Å². The Hall–Kier alpha value is -1.16. The van der Waals surface area contributed by atoms with Crippen molar-refractivity contribution in [2.45, 2.75) is 31.2 Å². The molecular weight excluding hydrogens is 278 g/mol. The van der Waals surface area contributed by atoms with Gasteiger partial charge in [-0.25, -0.2) is 0 Å². The number of hydrogen-bond donors (Lipinski definition) is 1. The topological polar surface area (TPSA) is 21.3 Å². The van der Waals surface area contributed by atoms with E-state index in [-0.39, 0.29) is 5.41 Å². The van der Waals surface area contributed by atoms with Crippen molar-refractivity contribution in [3.8, 4) is 0 Å². The van der Waals surface area contributed by atoms with Gasteiger partial charge in [0.1, 0.15) is 0 Å². The molecule has 112 valence electrons. The molecule has 0 aliphatic carbocycles. The Kier molecular flexibility index (Phi) is 4.43. The van der Waals surface area contributed by atoms with E-state index in [4.69, 9.17) is 4.74 Å². The minimum absolute atomic E-state index is 0.127. The maximum atomic E-state index is 5.66. The predicted octanol–water partition coefficient (Wildman–Crippen LogP) is 4.07. The lowest BCUT2D eigenvalue weighted by molar-refractivity contribution is 0.0352. The number of benzene rings is 1. The molecule has 1 unspecified atom stereocenters. The Morgan fingerprint density at radius 2 is 1.90 bits per heavy atom. The van der Waals surface area contributed by atoms with E-state index in [2.05, 4.69) is 61.1 Å². The van der Waals surface area contributed by atoms with Crippen molar-refractivity contribution in [3.05, 3.63) is 57.8 Å². The molecule has 1 fully saturated rings. The van der Waals surface area contributed by atoms with Crippen molar-refractivity contribution in [2.75, 3.05) is 20.3 Å². The summed E-state index contributed by atoms with van der Waals surface area (Å²) in [5.74, 6) is 0. The van der Waals surface area contributed by atoms with Crippen LogP contribution >= 0.6 is 11.3 Å². The van der Waals surface area contributed by atoms with E-state index in [0.717, 1.165) is 26.1 Å². The van der Waals surface area contributed by atoms with E-state index in [0.29, 0.717) is 6.04 Å². The average molecular weight is 301 g/mol. The van der Waals surface area contributed by atoms with Crippen LogP contribution in [0.4, 0.5) is 0 Å². The summed E-state index contributed by atoms with van der Waals surface area (Å²) in [5.41, 5.74) is 2.96. The van der Waals surface area contributed by atoms with Gasteiger partial charge < -0.3 is 10.1 Å². The second-order valence-electron chi connectivity index (χ2n) is 5.85. The molecule has 1 N–H and O–H groups in total.